The van der Waals surface area contributed by atoms with Crippen LogP contribution in [0.25, 0.3) is 0 Å². The molecule has 0 bridgehead atoms. The standard InChI is InChI=1S/C12H16N2O4S/c1-3-17-11(15)8-18-14-12(13)9-5-4-6-10(7-9)19(2)16/h4-7H,3,8H2,1-2H3,(H2,13,14). The van der Waals surface area contributed by atoms with Crippen LogP contribution in [0.15, 0.2) is 34.3 Å². The van der Waals surface area contributed by atoms with Crippen LogP contribution < -0.4 is 5.73 Å². The van der Waals surface area contributed by atoms with Crippen LogP contribution in [0, 0.1) is 0 Å². The zero-order valence-corrected chi connectivity index (χ0v) is 11.6. The fraction of sp³-hybridized carbons (Fsp3) is 0.333. The van der Waals surface area contributed by atoms with Gasteiger partial charge >= 0.3 is 5.97 Å². The highest BCUT2D eigenvalue weighted by molar-refractivity contribution is 7.84. The summed E-state index contributed by atoms with van der Waals surface area (Å²) in [7, 11) is -1.10. The second-order valence-corrected chi connectivity index (χ2v) is 4.92. The molecule has 0 aliphatic carbocycles. The topological polar surface area (TPSA) is 91.0 Å². The van der Waals surface area contributed by atoms with Crippen LogP contribution in [0.1, 0.15) is 12.5 Å². The summed E-state index contributed by atoms with van der Waals surface area (Å²) in [6, 6.07) is 6.82. The summed E-state index contributed by atoms with van der Waals surface area (Å²) < 4.78 is 16.0. The number of carbonyl (C=O) groups is 1. The van der Waals surface area contributed by atoms with Crippen LogP contribution in [0.5, 0.6) is 0 Å². The number of ether oxygens (including phenoxy) is 1. The number of rotatable bonds is 6. The van der Waals surface area contributed by atoms with Gasteiger partial charge in [0.05, 0.1) is 6.61 Å². The van der Waals surface area contributed by atoms with Gasteiger partial charge in [-0.3, -0.25) is 4.21 Å². The van der Waals surface area contributed by atoms with Crippen molar-refractivity contribution in [3.63, 3.8) is 0 Å². The molecule has 104 valence electrons. The molecule has 0 saturated carbocycles. The summed E-state index contributed by atoms with van der Waals surface area (Å²) in [6.45, 7) is 1.69. The molecule has 0 spiro atoms. The Morgan fingerprint density at radius 3 is 2.84 bits per heavy atom. The van der Waals surface area contributed by atoms with Crippen molar-refractivity contribution in [1.29, 1.82) is 0 Å². The lowest BCUT2D eigenvalue weighted by Crippen LogP contribution is -2.16. The molecule has 6 nitrogen and oxygen atoms in total. The van der Waals surface area contributed by atoms with E-state index in [1.807, 2.05) is 0 Å². The lowest BCUT2D eigenvalue weighted by Gasteiger charge is -2.04. The molecule has 7 heteroatoms. The molecular weight excluding hydrogens is 268 g/mol. The van der Waals surface area contributed by atoms with Crippen molar-refractivity contribution in [2.75, 3.05) is 19.5 Å². The molecule has 0 fully saturated rings. The maximum Gasteiger partial charge on any atom is 0.347 e. The van der Waals surface area contributed by atoms with Gasteiger partial charge in [0, 0.05) is 27.5 Å². The van der Waals surface area contributed by atoms with E-state index >= 15 is 0 Å². The van der Waals surface area contributed by atoms with Gasteiger partial charge < -0.3 is 15.3 Å². The Morgan fingerprint density at radius 2 is 2.21 bits per heavy atom. The van der Waals surface area contributed by atoms with Gasteiger partial charge in [-0.15, -0.1) is 0 Å². The molecule has 0 radical (unpaired) electrons. The number of benzene rings is 1. The first-order valence-corrected chi connectivity index (χ1v) is 7.15. The maximum atomic E-state index is 11.3. The fourth-order valence-electron chi connectivity index (χ4n) is 1.24. The van der Waals surface area contributed by atoms with E-state index in [2.05, 4.69) is 9.89 Å². The highest BCUT2D eigenvalue weighted by atomic mass is 32.2. The van der Waals surface area contributed by atoms with Crippen LogP contribution in [-0.4, -0.2) is 35.5 Å². The summed E-state index contributed by atoms with van der Waals surface area (Å²) in [5.41, 5.74) is 6.28. The molecule has 0 heterocycles. The second kappa shape index (κ2) is 7.52. The predicted molar refractivity (Wildman–Crippen MR) is 72.1 cm³/mol. The SMILES string of the molecule is CCOC(=O)CON=C(N)c1cccc(S(C)=O)c1. The monoisotopic (exact) mass is 284 g/mol. The number of hydrogen-bond acceptors (Lipinski definition) is 5. The van der Waals surface area contributed by atoms with Crippen molar-refractivity contribution in [1.82, 2.24) is 0 Å². The highest BCUT2D eigenvalue weighted by Gasteiger charge is 2.05. The molecular formula is C12H16N2O4S. The normalized spacial score (nSPS) is 12.8. The Labute approximate surface area is 114 Å². The third-order valence-corrected chi connectivity index (χ3v) is 3.03. The second-order valence-electron chi connectivity index (χ2n) is 3.54. The number of oxime groups is 1. The lowest BCUT2D eigenvalue weighted by atomic mass is 10.2. The maximum absolute atomic E-state index is 11.3. The lowest BCUT2D eigenvalue weighted by molar-refractivity contribution is -0.148. The Hall–Kier alpha value is -1.89. The third kappa shape index (κ3) is 5.09. The van der Waals surface area contributed by atoms with E-state index in [0.29, 0.717) is 10.5 Å². The molecule has 1 aromatic carbocycles. The first kappa shape index (κ1) is 15.2. The quantitative estimate of drug-likeness (QED) is 0.358. The van der Waals surface area contributed by atoms with Crippen molar-refractivity contribution in [2.24, 2.45) is 10.9 Å². The predicted octanol–water partition coefficient (Wildman–Crippen LogP) is 0.624. The van der Waals surface area contributed by atoms with Crippen molar-refractivity contribution < 1.29 is 18.6 Å². The molecule has 1 atom stereocenters. The van der Waals surface area contributed by atoms with Crippen LogP contribution in [0.3, 0.4) is 0 Å². The van der Waals surface area contributed by atoms with E-state index in [0.717, 1.165) is 0 Å². The van der Waals surface area contributed by atoms with Crippen molar-refractivity contribution in [2.45, 2.75) is 11.8 Å². The van der Waals surface area contributed by atoms with Crippen molar-refractivity contribution in [3.05, 3.63) is 29.8 Å². The van der Waals surface area contributed by atoms with Crippen LogP contribution >= 0.6 is 0 Å². The number of amidine groups is 1. The third-order valence-electron chi connectivity index (χ3n) is 2.11. The van der Waals surface area contributed by atoms with Gasteiger partial charge in [0.2, 0.25) is 6.61 Å². The first-order chi connectivity index (χ1) is 9.04. The Kier molecular flexibility index (Phi) is 6.01. The highest BCUT2D eigenvalue weighted by Crippen LogP contribution is 2.08. The number of nitrogens with two attached hydrogens (primary N) is 1. The minimum Gasteiger partial charge on any atom is -0.463 e. The molecule has 19 heavy (non-hydrogen) atoms. The summed E-state index contributed by atoms with van der Waals surface area (Å²) in [5.74, 6) is -0.404. The van der Waals surface area contributed by atoms with Gasteiger partial charge in [-0.2, -0.15) is 0 Å². The number of esters is 1. The van der Waals surface area contributed by atoms with Crippen molar-refractivity contribution >= 4 is 22.6 Å². The van der Waals surface area contributed by atoms with Gasteiger partial charge in [-0.1, -0.05) is 17.3 Å². The smallest absolute Gasteiger partial charge is 0.347 e. The molecule has 0 aliphatic rings. The fourth-order valence-corrected chi connectivity index (χ4v) is 1.81. The molecule has 2 N–H and O–H groups in total. The van der Waals surface area contributed by atoms with Gasteiger partial charge in [0.15, 0.2) is 5.84 Å². The average Bonchev–Trinajstić information content (AvgIpc) is 2.39. The van der Waals surface area contributed by atoms with E-state index in [1.165, 1.54) is 0 Å². The van der Waals surface area contributed by atoms with Crippen LogP contribution in [0.4, 0.5) is 0 Å². The zero-order valence-electron chi connectivity index (χ0n) is 10.8. The minimum atomic E-state index is -1.10. The Bertz CT molecular complexity index is 502. The summed E-state index contributed by atoms with van der Waals surface area (Å²) >= 11 is 0. The average molecular weight is 284 g/mol. The summed E-state index contributed by atoms with van der Waals surface area (Å²) in [6.07, 6.45) is 1.57. The van der Waals surface area contributed by atoms with Gasteiger partial charge in [-0.25, -0.2) is 4.79 Å². The number of nitrogens with zero attached hydrogens (tertiary/aromatic N) is 1. The molecule has 1 rings (SSSR count). The minimum absolute atomic E-state index is 0.108. The van der Waals surface area contributed by atoms with Crippen LogP contribution in [-0.2, 0) is 25.2 Å². The van der Waals surface area contributed by atoms with E-state index in [-0.39, 0.29) is 19.0 Å². The summed E-state index contributed by atoms with van der Waals surface area (Å²) in [4.78, 5) is 16.4. The van der Waals surface area contributed by atoms with E-state index in [4.69, 9.17) is 10.6 Å². The van der Waals surface area contributed by atoms with Gasteiger partial charge in [0.25, 0.3) is 0 Å². The van der Waals surface area contributed by atoms with E-state index < -0.39 is 16.8 Å². The number of hydrogen-bond donors (Lipinski definition) is 1. The summed E-state index contributed by atoms with van der Waals surface area (Å²) in [5, 5.41) is 3.61. The molecule has 1 unspecified atom stereocenters. The Balaban J connectivity index is 2.66. The first-order valence-electron chi connectivity index (χ1n) is 5.59. The number of carbonyl (C=O) groups excluding carboxylic acids is 1. The molecule has 0 saturated heterocycles. The zero-order chi connectivity index (χ0) is 14.3. The van der Waals surface area contributed by atoms with E-state index in [1.54, 1.807) is 37.4 Å². The molecule has 0 aliphatic heterocycles. The molecule has 0 aromatic heterocycles. The van der Waals surface area contributed by atoms with Crippen LogP contribution in [0.2, 0.25) is 0 Å². The molecule has 0 amide bonds. The largest absolute Gasteiger partial charge is 0.463 e. The Morgan fingerprint density at radius 1 is 1.47 bits per heavy atom. The molecule has 1 aromatic rings. The van der Waals surface area contributed by atoms with E-state index in [9.17, 15) is 9.00 Å². The van der Waals surface area contributed by atoms with Gasteiger partial charge in [-0.05, 0) is 19.1 Å². The van der Waals surface area contributed by atoms with Crippen molar-refractivity contribution in [3.8, 4) is 0 Å². The van der Waals surface area contributed by atoms with Gasteiger partial charge in [0.1, 0.15) is 0 Å².